The number of hydrogen-bond acceptors (Lipinski definition) is 3. The van der Waals surface area contributed by atoms with Crippen molar-refractivity contribution in [2.45, 2.75) is 53.4 Å². The van der Waals surface area contributed by atoms with Gasteiger partial charge < -0.3 is 10.2 Å². The van der Waals surface area contributed by atoms with Gasteiger partial charge in [-0.05, 0) is 48.8 Å². The van der Waals surface area contributed by atoms with Gasteiger partial charge in [-0.3, -0.25) is 14.6 Å². The molecule has 0 bridgehead atoms. The first-order chi connectivity index (χ1) is 14.7. The van der Waals surface area contributed by atoms with Crippen molar-refractivity contribution in [2.75, 3.05) is 19.6 Å². The molecule has 1 unspecified atom stereocenters. The van der Waals surface area contributed by atoms with E-state index in [1.807, 2.05) is 42.3 Å². The maximum Gasteiger partial charge on any atom is 0.228 e. The van der Waals surface area contributed by atoms with Crippen LogP contribution in [0.1, 0.15) is 52.5 Å². The number of benzene rings is 1. The fourth-order valence-corrected chi connectivity index (χ4v) is 4.51. The number of amides is 2. The Labute approximate surface area is 186 Å². The number of carbonyl (C=O) groups is 2. The average molecular weight is 422 g/mol. The first kappa shape index (κ1) is 23.0. The van der Waals surface area contributed by atoms with E-state index in [9.17, 15) is 9.59 Å². The minimum absolute atomic E-state index is 0.0456. The second-order valence-corrected chi connectivity index (χ2v) is 9.87. The highest BCUT2D eigenvalue weighted by molar-refractivity contribution is 5.85. The molecule has 1 aromatic heterocycles. The third kappa shape index (κ3) is 5.72. The van der Waals surface area contributed by atoms with Gasteiger partial charge in [-0.15, -0.1) is 0 Å². The van der Waals surface area contributed by atoms with Crippen LogP contribution in [-0.2, 0) is 16.0 Å². The Bertz CT molecular complexity index is 904. The van der Waals surface area contributed by atoms with Gasteiger partial charge in [0, 0.05) is 44.0 Å². The van der Waals surface area contributed by atoms with E-state index in [0.29, 0.717) is 25.9 Å². The van der Waals surface area contributed by atoms with Crippen molar-refractivity contribution in [1.29, 1.82) is 0 Å². The first-order valence-electron chi connectivity index (χ1n) is 11.3. The number of nitrogens with one attached hydrogen (secondary N) is 1. The van der Waals surface area contributed by atoms with Crippen LogP contribution in [0, 0.1) is 10.8 Å². The average Bonchev–Trinajstić information content (AvgIpc) is 2.74. The van der Waals surface area contributed by atoms with Gasteiger partial charge in [0.2, 0.25) is 11.8 Å². The summed E-state index contributed by atoms with van der Waals surface area (Å²) in [4.78, 5) is 32.6. The third-order valence-electron chi connectivity index (χ3n) is 5.95. The van der Waals surface area contributed by atoms with E-state index in [-0.39, 0.29) is 17.2 Å². The van der Waals surface area contributed by atoms with E-state index in [0.717, 1.165) is 36.1 Å². The number of aromatic nitrogens is 1. The Balaban J connectivity index is 1.94. The zero-order chi connectivity index (χ0) is 22.5. The van der Waals surface area contributed by atoms with Crippen LogP contribution in [0.5, 0.6) is 0 Å². The molecule has 1 fully saturated rings. The van der Waals surface area contributed by atoms with Gasteiger partial charge in [-0.25, -0.2) is 0 Å². The van der Waals surface area contributed by atoms with E-state index in [2.05, 4.69) is 43.2 Å². The summed E-state index contributed by atoms with van der Waals surface area (Å²) in [5.41, 5.74) is 2.56. The fourth-order valence-electron chi connectivity index (χ4n) is 4.51. The second kappa shape index (κ2) is 9.63. The molecule has 0 saturated carbocycles. The van der Waals surface area contributed by atoms with Crippen LogP contribution in [-0.4, -0.2) is 41.3 Å². The fraction of sp³-hybridized carbons (Fsp3) is 0.500. The van der Waals surface area contributed by atoms with Crippen molar-refractivity contribution in [2.24, 2.45) is 10.8 Å². The SMILES string of the molecule is CCNC(=O)C1(Cc2ccccc2-c2cccnc2)CCCN(C(=O)CC(C)(C)C)C1. The summed E-state index contributed by atoms with van der Waals surface area (Å²) in [5, 5.41) is 3.05. The summed E-state index contributed by atoms with van der Waals surface area (Å²) >= 11 is 0. The molecule has 1 N–H and O–H groups in total. The molecule has 1 saturated heterocycles. The summed E-state index contributed by atoms with van der Waals surface area (Å²) in [6.07, 6.45) is 6.33. The zero-order valence-corrected chi connectivity index (χ0v) is 19.3. The van der Waals surface area contributed by atoms with Gasteiger partial charge in [0.25, 0.3) is 0 Å². The summed E-state index contributed by atoms with van der Waals surface area (Å²) in [5.74, 6) is 0.186. The molecule has 1 atom stereocenters. The summed E-state index contributed by atoms with van der Waals surface area (Å²) < 4.78 is 0. The lowest BCUT2D eigenvalue weighted by atomic mass is 9.73. The summed E-state index contributed by atoms with van der Waals surface area (Å²) in [6.45, 7) is 9.96. The van der Waals surface area contributed by atoms with Crippen molar-refractivity contribution in [3.05, 3.63) is 54.4 Å². The number of nitrogens with zero attached hydrogens (tertiary/aromatic N) is 2. The monoisotopic (exact) mass is 421 g/mol. The Morgan fingerprint density at radius 3 is 2.61 bits per heavy atom. The van der Waals surface area contributed by atoms with Gasteiger partial charge >= 0.3 is 0 Å². The highest BCUT2D eigenvalue weighted by Gasteiger charge is 2.43. The van der Waals surface area contributed by atoms with Crippen molar-refractivity contribution in [3.8, 4) is 11.1 Å². The molecule has 0 aliphatic carbocycles. The molecule has 166 valence electrons. The number of carbonyl (C=O) groups excluding carboxylic acids is 2. The number of rotatable bonds is 6. The smallest absolute Gasteiger partial charge is 0.228 e. The molecule has 2 aromatic rings. The van der Waals surface area contributed by atoms with E-state index in [4.69, 9.17) is 0 Å². The van der Waals surface area contributed by atoms with Crippen molar-refractivity contribution >= 4 is 11.8 Å². The second-order valence-electron chi connectivity index (χ2n) is 9.87. The Hall–Kier alpha value is -2.69. The largest absolute Gasteiger partial charge is 0.356 e. The maximum atomic E-state index is 13.4. The van der Waals surface area contributed by atoms with Crippen molar-refractivity contribution < 1.29 is 9.59 Å². The lowest BCUT2D eigenvalue weighted by molar-refractivity contribution is -0.142. The van der Waals surface area contributed by atoms with Crippen LogP contribution in [0.2, 0.25) is 0 Å². The quantitative estimate of drug-likeness (QED) is 0.748. The van der Waals surface area contributed by atoms with Gasteiger partial charge in [0.1, 0.15) is 0 Å². The predicted molar refractivity (Wildman–Crippen MR) is 124 cm³/mol. The lowest BCUT2D eigenvalue weighted by Gasteiger charge is -2.42. The molecule has 3 rings (SSSR count). The molecule has 1 aromatic carbocycles. The molecule has 5 heteroatoms. The molecular weight excluding hydrogens is 386 g/mol. The highest BCUT2D eigenvalue weighted by atomic mass is 16.2. The third-order valence-corrected chi connectivity index (χ3v) is 5.95. The Morgan fingerprint density at radius 1 is 1.16 bits per heavy atom. The van der Waals surface area contributed by atoms with Crippen LogP contribution in [0.15, 0.2) is 48.8 Å². The summed E-state index contributed by atoms with van der Waals surface area (Å²) in [6, 6.07) is 12.2. The maximum absolute atomic E-state index is 13.4. The van der Waals surface area contributed by atoms with Crippen LogP contribution >= 0.6 is 0 Å². The van der Waals surface area contributed by atoms with Gasteiger partial charge in [-0.2, -0.15) is 0 Å². The number of pyridine rings is 1. The number of piperidine rings is 1. The molecule has 0 spiro atoms. The van der Waals surface area contributed by atoms with E-state index in [1.54, 1.807) is 6.20 Å². The van der Waals surface area contributed by atoms with Crippen LogP contribution in [0.3, 0.4) is 0 Å². The van der Waals surface area contributed by atoms with Gasteiger partial charge in [0.05, 0.1) is 5.41 Å². The van der Waals surface area contributed by atoms with Crippen molar-refractivity contribution in [3.63, 3.8) is 0 Å². The minimum atomic E-state index is -0.625. The van der Waals surface area contributed by atoms with Crippen LogP contribution in [0.4, 0.5) is 0 Å². The van der Waals surface area contributed by atoms with Crippen LogP contribution in [0.25, 0.3) is 11.1 Å². The predicted octanol–water partition coefficient (Wildman–Crippen LogP) is 4.47. The van der Waals surface area contributed by atoms with Gasteiger partial charge in [0.15, 0.2) is 0 Å². The molecule has 2 amide bonds. The summed E-state index contributed by atoms with van der Waals surface area (Å²) in [7, 11) is 0. The van der Waals surface area contributed by atoms with E-state index >= 15 is 0 Å². The molecule has 1 aliphatic rings. The van der Waals surface area contributed by atoms with E-state index < -0.39 is 5.41 Å². The lowest BCUT2D eigenvalue weighted by Crippen LogP contribution is -2.54. The van der Waals surface area contributed by atoms with E-state index in [1.165, 1.54) is 0 Å². The number of hydrogen-bond donors (Lipinski definition) is 1. The van der Waals surface area contributed by atoms with Crippen LogP contribution < -0.4 is 5.32 Å². The van der Waals surface area contributed by atoms with Gasteiger partial charge in [-0.1, -0.05) is 51.1 Å². The standard InChI is InChI=1S/C26H35N3O2/c1-5-28-24(31)26(13-9-15-29(19-26)23(30)17-25(2,3)4)16-20-10-6-7-12-22(20)21-11-8-14-27-18-21/h6-8,10-12,14,18H,5,9,13,15-17,19H2,1-4H3,(H,28,31). The molecule has 2 heterocycles. The zero-order valence-electron chi connectivity index (χ0n) is 19.3. The highest BCUT2D eigenvalue weighted by Crippen LogP contribution is 2.37. The van der Waals surface area contributed by atoms with Crippen molar-refractivity contribution in [1.82, 2.24) is 15.2 Å². The molecule has 1 aliphatic heterocycles. The molecule has 0 radical (unpaired) electrons. The Kier molecular flexibility index (Phi) is 7.14. The molecule has 5 nitrogen and oxygen atoms in total. The minimum Gasteiger partial charge on any atom is -0.356 e. The number of likely N-dealkylation sites (tertiary alicyclic amines) is 1. The molecule has 31 heavy (non-hydrogen) atoms. The normalized spacial score (nSPS) is 19.2. The Morgan fingerprint density at radius 2 is 1.94 bits per heavy atom. The molecular formula is C26H35N3O2. The topological polar surface area (TPSA) is 62.3 Å². The first-order valence-corrected chi connectivity index (χ1v) is 11.3.